The third-order valence-corrected chi connectivity index (χ3v) is 3.06. The Balaban J connectivity index is 2.63. The summed E-state index contributed by atoms with van der Waals surface area (Å²) < 4.78 is 0. The SMILES string of the molecule is C=CC(=O)N1CCCC1C(C)CC. The molecule has 2 nitrogen and oxygen atoms in total. The van der Waals surface area contributed by atoms with E-state index in [9.17, 15) is 4.79 Å². The minimum atomic E-state index is 0.0998. The molecule has 13 heavy (non-hydrogen) atoms. The Kier molecular flexibility index (Phi) is 3.52. The monoisotopic (exact) mass is 181 g/mol. The van der Waals surface area contributed by atoms with Gasteiger partial charge in [0.15, 0.2) is 0 Å². The molecule has 1 aliphatic heterocycles. The molecule has 74 valence electrons. The van der Waals surface area contributed by atoms with Crippen molar-refractivity contribution in [2.75, 3.05) is 6.54 Å². The zero-order chi connectivity index (χ0) is 9.84. The molecule has 0 aromatic rings. The van der Waals surface area contributed by atoms with Gasteiger partial charge in [-0.25, -0.2) is 0 Å². The third kappa shape index (κ3) is 2.11. The van der Waals surface area contributed by atoms with Crippen LogP contribution in [-0.2, 0) is 4.79 Å². The van der Waals surface area contributed by atoms with Gasteiger partial charge in [0.25, 0.3) is 0 Å². The Labute approximate surface area is 80.6 Å². The first kappa shape index (κ1) is 10.3. The van der Waals surface area contributed by atoms with E-state index in [1.165, 1.54) is 6.08 Å². The molecule has 1 saturated heterocycles. The fourth-order valence-electron chi connectivity index (χ4n) is 2.05. The Morgan fingerprint density at radius 2 is 2.46 bits per heavy atom. The van der Waals surface area contributed by atoms with Gasteiger partial charge < -0.3 is 4.90 Å². The van der Waals surface area contributed by atoms with E-state index < -0.39 is 0 Å². The number of nitrogens with zero attached hydrogens (tertiary/aromatic N) is 1. The Morgan fingerprint density at radius 1 is 1.77 bits per heavy atom. The van der Waals surface area contributed by atoms with Crippen molar-refractivity contribution in [2.45, 2.75) is 39.2 Å². The van der Waals surface area contributed by atoms with E-state index in [4.69, 9.17) is 0 Å². The second-order valence-corrected chi connectivity index (χ2v) is 3.83. The molecule has 0 saturated carbocycles. The first-order valence-electron chi connectivity index (χ1n) is 5.13. The molecule has 0 spiro atoms. The zero-order valence-corrected chi connectivity index (χ0v) is 8.62. The van der Waals surface area contributed by atoms with Crippen LogP contribution in [-0.4, -0.2) is 23.4 Å². The van der Waals surface area contributed by atoms with Gasteiger partial charge in [-0.15, -0.1) is 0 Å². The zero-order valence-electron chi connectivity index (χ0n) is 8.62. The molecule has 0 radical (unpaired) electrons. The number of hydrogen-bond acceptors (Lipinski definition) is 1. The largest absolute Gasteiger partial charge is 0.336 e. The minimum Gasteiger partial charge on any atom is -0.336 e. The first-order chi connectivity index (χ1) is 6.20. The molecular formula is C11H19NO. The van der Waals surface area contributed by atoms with Gasteiger partial charge in [-0.1, -0.05) is 26.8 Å². The van der Waals surface area contributed by atoms with Crippen LogP contribution in [0.4, 0.5) is 0 Å². The summed E-state index contributed by atoms with van der Waals surface area (Å²) in [6.45, 7) is 8.85. The molecule has 1 aliphatic rings. The molecule has 1 rings (SSSR count). The molecule has 0 aromatic carbocycles. The van der Waals surface area contributed by atoms with E-state index >= 15 is 0 Å². The maximum Gasteiger partial charge on any atom is 0.246 e. The molecule has 1 heterocycles. The summed E-state index contributed by atoms with van der Waals surface area (Å²) in [5.41, 5.74) is 0. The quantitative estimate of drug-likeness (QED) is 0.611. The Hall–Kier alpha value is -0.790. The smallest absolute Gasteiger partial charge is 0.246 e. The maximum atomic E-state index is 11.5. The maximum absolute atomic E-state index is 11.5. The van der Waals surface area contributed by atoms with Crippen LogP contribution in [0.5, 0.6) is 0 Å². The molecule has 0 bridgehead atoms. The van der Waals surface area contributed by atoms with Crippen LogP contribution in [0.3, 0.4) is 0 Å². The highest BCUT2D eigenvalue weighted by atomic mass is 16.2. The summed E-state index contributed by atoms with van der Waals surface area (Å²) in [6, 6.07) is 0.454. The summed E-state index contributed by atoms with van der Waals surface area (Å²) in [5, 5.41) is 0. The number of carbonyl (C=O) groups is 1. The summed E-state index contributed by atoms with van der Waals surface area (Å²) >= 11 is 0. The van der Waals surface area contributed by atoms with E-state index in [1.807, 2.05) is 4.90 Å². The normalized spacial score (nSPS) is 24.5. The van der Waals surface area contributed by atoms with E-state index in [0.29, 0.717) is 12.0 Å². The van der Waals surface area contributed by atoms with Crippen molar-refractivity contribution in [3.63, 3.8) is 0 Å². The molecule has 1 amide bonds. The fourth-order valence-corrected chi connectivity index (χ4v) is 2.05. The van der Waals surface area contributed by atoms with Gasteiger partial charge in [-0.3, -0.25) is 4.79 Å². The summed E-state index contributed by atoms with van der Waals surface area (Å²) in [4.78, 5) is 13.4. The average molecular weight is 181 g/mol. The van der Waals surface area contributed by atoms with Crippen LogP contribution >= 0.6 is 0 Å². The minimum absolute atomic E-state index is 0.0998. The van der Waals surface area contributed by atoms with E-state index in [0.717, 1.165) is 25.8 Å². The topological polar surface area (TPSA) is 20.3 Å². The van der Waals surface area contributed by atoms with Crippen LogP contribution in [0.2, 0.25) is 0 Å². The highest BCUT2D eigenvalue weighted by Gasteiger charge is 2.30. The standard InChI is InChI=1S/C11H19NO/c1-4-9(3)10-7-6-8-12(10)11(13)5-2/h5,9-10H,2,4,6-8H2,1,3H3. The van der Waals surface area contributed by atoms with Crippen molar-refractivity contribution < 1.29 is 4.79 Å². The highest BCUT2D eigenvalue weighted by molar-refractivity contribution is 5.87. The average Bonchev–Trinajstić information content (AvgIpc) is 2.63. The van der Waals surface area contributed by atoms with Gasteiger partial charge in [-0.05, 0) is 24.8 Å². The summed E-state index contributed by atoms with van der Waals surface area (Å²) in [6.07, 6.45) is 4.88. The number of likely N-dealkylation sites (tertiary alicyclic amines) is 1. The third-order valence-electron chi connectivity index (χ3n) is 3.06. The second-order valence-electron chi connectivity index (χ2n) is 3.83. The van der Waals surface area contributed by atoms with Gasteiger partial charge >= 0.3 is 0 Å². The van der Waals surface area contributed by atoms with Crippen molar-refractivity contribution in [3.05, 3.63) is 12.7 Å². The summed E-state index contributed by atoms with van der Waals surface area (Å²) in [7, 11) is 0. The fraction of sp³-hybridized carbons (Fsp3) is 0.727. The van der Waals surface area contributed by atoms with Crippen molar-refractivity contribution >= 4 is 5.91 Å². The molecule has 2 unspecified atom stereocenters. The van der Waals surface area contributed by atoms with Gasteiger partial charge in [0.1, 0.15) is 0 Å². The predicted octanol–water partition coefficient (Wildman–Crippen LogP) is 2.21. The van der Waals surface area contributed by atoms with Gasteiger partial charge in [0.2, 0.25) is 5.91 Å². The van der Waals surface area contributed by atoms with Crippen LogP contribution in [0, 0.1) is 5.92 Å². The van der Waals surface area contributed by atoms with E-state index in [2.05, 4.69) is 20.4 Å². The number of carbonyl (C=O) groups excluding carboxylic acids is 1. The van der Waals surface area contributed by atoms with Crippen molar-refractivity contribution in [2.24, 2.45) is 5.92 Å². The lowest BCUT2D eigenvalue weighted by atomic mass is 9.97. The molecule has 0 aliphatic carbocycles. The molecule has 0 N–H and O–H groups in total. The van der Waals surface area contributed by atoms with Gasteiger partial charge in [0.05, 0.1) is 0 Å². The molecule has 1 fully saturated rings. The van der Waals surface area contributed by atoms with Gasteiger partial charge in [-0.2, -0.15) is 0 Å². The molecule has 2 heteroatoms. The van der Waals surface area contributed by atoms with Crippen LogP contribution in [0.15, 0.2) is 12.7 Å². The van der Waals surface area contributed by atoms with Crippen LogP contribution in [0.1, 0.15) is 33.1 Å². The van der Waals surface area contributed by atoms with Crippen molar-refractivity contribution in [1.82, 2.24) is 4.90 Å². The van der Waals surface area contributed by atoms with Crippen molar-refractivity contribution in [3.8, 4) is 0 Å². The van der Waals surface area contributed by atoms with Crippen LogP contribution < -0.4 is 0 Å². The first-order valence-corrected chi connectivity index (χ1v) is 5.13. The second kappa shape index (κ2) is 4.45. The summed E-state index contributed by atoms with van der Waals surface area (Å²) in [5.74, 6) is 0.717. The number of amides is 1. The lowest BCUT2D eigenvalue weighted by Crippen LogP contribution is -2.38. The van der Waals surface area contributed by atoms with Crippen LogP contribution in [0.25, 0.3) is 0 Å². The van der Waals surface area contributed by atoms with E-state index in [-0.39, 0.29) is 5.91 Å². The van der Waals surface area contributed by atoms with E-state index in [1.54, 1.807) is 0 Å². The van der Waals surface area contributed by atoms with Crippen molar-refractivity contribution in [1.29, 1.82) is 0 Å². The number of hydrogen-bond donors (Lipinski definition) is 0. The molecule has 0 aromatic heterocycles. The number of rotatable bonds is 3. The predicted molar refractivity (Wildman–Crippen MR) is 54.4 cm³/mol. The molecule has 2 atom stereocenters. The highest BCUT2D eigenvalue weighted by Crippen LogP contribution is 2.25. The lowest BCUT2D eigenvalue weighted by molar-refractivity contribution is -0.127. The Bertz CT molecular complexity index is 200. The Morgan fingerprint density at radius 3 is 3.00 bits per heavy atom. The van der Waals surface area contributed by atoms with Gasteiger partial charge in [0, 0.05) is 12.6 Å². The lowest BCUT2D eigenvalue weighted by Gasteiger charge is -2.28. The molecular weight excluding hydrogens is 162 g/mol.